The van der Waals surface area contributed by atoms with Crippen LogP contribution in [0, 0.1) is 5.92 Å². The van der Waals surface area contributed by atoms with E-state index in [9.17, 15) is 0 Å². The minimum atomic E-state index is 0.388. The van der Waals surface area contributed by atoms with Crippen molar-refractivity contribution in [1.29, 1.82) is 0 Å². The van der Waals surface area contributed by atoms with Gasteiger partial charge in [-0.3, -0.25) is 9.97 Å². The molecule has 0 spiro atoms. The Labute approximate surface area is 130 Å². The predicted octanol–water partition coefficient (Wildman–Crippen LogP) is 4.14. The Morgan fingerprint density at radius 2 is 2.05 bits per heavy atom. The van der Waals surface area contributed by atoms with Gasteiger partial charge in [-0.25, -0.2) is 4.98 Å². The van der Waals surface area contributed by atoms with Crippen molar-refractivity contribution in [2.24, 2.45) is 5.92 Å². The van der Waals surface area contributed by atoms with Gasteiger partial charge in [0.05, 0.1) is 23.1 Å². The third kappa shape index (κ3) is 2.29. The number of imidazole rings is 1. The van der Waals surface area contributed by atoms with Crippen LogP contribution in [0.25, 0.3) is 22.1 Å². The molecule has 3 aromatic heterocycles. The molecule has 0 bridgehead atoms. The van der Waals surface area contributed by atoms with Crippen LogP contribution in [-0.2, 0) is 12.4 Å². The van der Waals surface area contributed by atoms with E-state index < -0.39 is 0 Å². The van der Waals surface area contributed by atoms with Gasteiger partial charge in [0.15, 0.2) is 0 Å². The lowest BCUT2D eigenvalue weighted by atomic mass is 10.2. The third-order valence-electron chi connectivity index (χ3n) is 3.13. The minimum absolute atomic E-state index is 0.388. The van der Waals surface area contributed by atoms with E-state index >= 15 is 0 Å². The summed E-state index contributed by atoms with van der Waals surface area (Å²) in [5, 5.41) is 0. The fourth-order valence-corrected chi connectivity index (χ4v) is 2.89. The summed E-state index contributed by atoms with van der Waals surface area (Å²) < 4.78 is 3.09. The van der Waals surface area contributed by atoms with Crippen molar-refractivity contribution in [2.75, 3.05) is 0 Å². The summed E-state index contributed by atoms with van der Waals surface area (Å²) in [4.78, 5) is 13.5. The van der Waals surface area contributed by atoms with Crippen LogP contribution < -0.4 is 0 Å². The number of pyridine rings is 2. The van der Waals surface area contributed by atoms with Crippen molar-refractivity contribution >= 4 is 49.6 Å². The summed E-state index contributed by atoms with van der Waals surface area (Å²) in [6.07, 6.45) is 3.58. The highest BCUT2D eigenvalue weighted by molar-refractivity contribution is 9.10. The largest absolute Gasteiger partial charge is 0.325 e. The van der Waals surface area contributed by atoms with Crippen LogP contribution in [0.1, 0.15) is 19.7 Å². The molecule has 0 aliphatic rings. The first kappa shape index (κ1) is 13.8. The molecule has 0 aliphatic carbocycles. The Morgan fingerprint density at radius 1 is 1.25 bits per heavy atom. The molecule has 0 amide bonds. The number of nitrogens with zero attached hydrogens (tertiary/aromatic N) is 4. The maximum Gasteiger partial charge on any atom is 0.124 e. The first-order valence-corrected chi connectivity index (χ1v) is 7.78. The second-order valence-electron chi connectivity index (χ2n) is 5.18. The normalized spacial score (nSPS) is 11.8. The Hall–Kier alpha value is -1.20. The van der Waals surface area contributed by atoms with Gasteiger partial charge in [0.2, 0.25) is 0 Å². The molecule has 0 radical (unpaired) electrons. The van der Waals surface area contributed by atoms with Gasteiger partial charge in [0.1, 0.15) is 16.9 Å². The van der Waals surface area contributed by atoms with Crippen molar-refractivity contribution in [1.82, 2.24) is 19.5 Å². The van der Waals surface area contributed by atoms with Crippen LogP contribution in [0.15, 0.2) is 22.9 Å². The highest BCUT2D eigenvalue weighted by atomic mass is 79.9. The van der Waals surface area contributed by atoms with E-state index in [2.05, 4.69) is 49.3 Å². The van der Waals surface area contributed by atoms with E-state index in [0.29, 0.717) is 11.8 Å². The zero-order valence-corrected chi connectivity index (χ0v) is 13.6. The Kier molecular flexibility index (Phi) is 3.65. The highest BCUT2D eigenvalue weighted by Gasteiger charge is 2.15. The second kappa shape index (κ2) is 5.30. The van der Waals surface area contributed by atoms with E-state index in [1.807, 2.05) is 6.07 Å². The van der Waals surface area contributed by atoms with E-state index in [-0.39, 0.29) is 0 Å². The average molecular weight is 354 g/mol. The lowest BCUT2D eigenvalue weighted by molar-refractivity contribution is 0.523. The van der Waals surface area contributed by atoms with Gasteiger partial charge < -0.3 is 4.57 Å². The zero-order valence-electron chi connectivity index (χ0n) is 11.3. The van der Waals surface area contributed by atoms with Gasteiger partial charge in [0, 0.05) is 17.2 Å². The quantitative estimate of drug-likeness (QED) is 0.665. The van der Waals surface area contributed by atoms with E-state index in [1.165, 1.54) is 0 Å². The molecule has 0 fully saturated rings. The van der Waals surface area contributed by atoms with Crippen molar-refractivity contribution < 1.29 is 0 Å². The number of hydrogen-bond donors (Lipinski definition) is 0. The molecule has 3 aromatic rings. The minimum Gasteiger partial charge on any atom is -0.325 e. The molecule has 20 heavy (non-hydrogen) atoms. The second-order valence-corrected chi connectivity index (χ2v) is 6.36. The molecule has 4 nitrogen and oxygen atoms in total. The van der Waals surface area contributed by atoms with Crippen LogP contribution in [0.5, 0.6) is 0 Å². The molecule has 0 saturated carbocycles. The topological polar surface area (TPSA) is 43.6 Å². The van der Waals surface area contributed by atoms with Gasteiger partial charge in [0.25, 0.3) is 0 Å². The predicted molar refractivity (Wildman–Crippen MR) is 84.9 cm³/mol. The van der Waals surface area contributed by atoms with Gasteiger partial charge in [-0.1, -0.05) is 13.8 Å². The first-order chi connectivity index (χ1) is 9.60. The summed E-state index contributed by atoms with van der Waals surface area (Å²) in [5.74, 6) is 1.77. The molecule has 0 aliphatic heterocycles. The summed E-state index contributed by atoms with van der Waals surface area (Å²) in [6.45, 7) is 5.23. The van der Waals surface area contributed by atoms with Crippen LogP contribution in [0.2, 0.25) is 0 Å². The molecule has 3 rings (SSSR count). The molecular formula is C14H14BrClN4. The van der Waals surface area contributed by atoms with Crippen molar-refractivity contribution in [3.8, 4) is 0 Å². The summed E-state index contributed by atoms with van der Waals surface area (Å²) in [5.41, 5.74) is 3.60. The van der Waals surface area contributed by atoms with Crippen LogP contribution in [-0.4, -0.2) is 19.5 Å². The number of hydrogen-bond acceptors (Lipinski definition) is 3. The van der Waals surface area contributed by atoms with E-state index in [4.69, 9.17) is 11.6 Å². The zero-order chi connectivity index (χ0) is 14.3. The Morgan fingerprint density at radius 3 is 2.75 bits per heavy atom. The molecule has 0 atom stereocenters. The van der Waals surface area contributed by atoms with Crippen LogP contribution in [0.3, 0.4) is 0 Å². The van der Waals surface area contributed by atoms with Crippen molar-refractivity contribution in [3.63, 3.8) is 0 Å². The smallest absolute Gasteiger partial charge is 0.124 e. The molecule has 0 unspecified atom stereocenters. The highest BCUT2D eigenvalue weighted by Crippen LogP contribution is 2.26. The fourth-order valence-electron chi connectivity index (χ4n) is 2.36. The van der Waals surface area contributed by atoms with E-state index in [0.717, 1.165) is 38.9 Å². The van der Waals surface area contributed by atoms with Crippen molar-refractivity contribution in [3.05, 3.63) is 28.8 Å². The number of rotatable bonds is 3. The standard InChI is InChI=1S/C14H14BrClN4/c1-8(2)7-20-12(4-16)19-11-6-17-10-3-9(15)5-18-13(10)14(11)20/h3,5-6,8H,4,7H2,1-2H3. The van der Waals surface area contributed by atoms with Gasteiger partial charge in [-0.05, 0) is 27.9 Å². The molecular weight excluding hydrogens is 340 g/mol. The molecule has 104 valence electrons. The molecule has 0 aromatic carbocycles. The Balaban J connectivity index is 2.38. The lowest BCUT2D eigenvalue weighted by Crippen LogP contribution is -2.08. The maximum atomic E-state index is 6.03. The third-order valence-corrected chi connectivity index (χ3v) is 3.80. The molecule has 0 N–H and O–H groups in total. The molecule has 6 heteroatoms. The fraction of sp³-hybridized carbons (Fsp3) is 0.357. The number of alkyl halides is 1. The van der Waals surface area contributed by atoms with Gasteiger partial charge >= 0.3 is 0 Å². The number of fused-ring (bicyclic) bond motifs is 3. The lowest BCUT2D eigenvalue weighted by Gasteiger charge is -2.11. The summed E-state index contributed by atoms with van der Waals surface area (Å²) >= 11 is 9.46. The van der Waals surface area contributed by atoms with E-state index in [1.54, 1.807) is 12.4 Å². The first-order valence-electron chi connectivity index (χ1n) is 6.45. The van der Waals surface area contributed by atoms with Crippen LogP contribution >= 0.6 is 27.5 Å². The molecule has 3 heterocycles. The van der Waals surface area contributed by atoms with Crippen molar-refractivity contribution in [2.45, 2.75) is 26.3 Å². The summed E-state index contributed by atoms with van der Waals surface area (Å²) in [6, 6.07) is 1.97. The molecule has 0 saturated heterocycles. The van der Waals surface area contributed by atoms with Gasteiger partial charge in [-0.15, -0.1) is 11.6 Å². The van der Waals surface area contributed by atoms with Gasteiger partial charge in [-0.2, -0.15) is 0 Å². The summed E-state index contributed by atoms with van der Waals surface area (Å²) in [7, 11) is 0. The Bertz CT molecular complexity index is 782. The SMILES string of the molecule is CC(C)Cn1c(CCl)nc2cnc3cc(Br)cnc3c21. The van der Waals surface area contributed by atoms with Crippen LogP contribution in [0.4, 0.5) is 0 Å². The number of halogens is 2. The average Bonchev–Trinajstić information content (AvgIpc) is 2.76. The maximum absolute atomic E-state index is 6.03. The monoisotopic (exact) mass is 352 g/mol. The number of aromatic nitrogens is 4.